The van der Waals surface area contributed by atoms with Crippen LogP contribution in [0.3, 0.4) is 0 Å². The van der Waals surface area contributed by atoms with Crippen LogP contribution >= 0.6 is 0 Å². The Bertz CT molecular complexity index is 317. The second kappa shape index (κ2) is 5.68. The summed E-state index contributed by atoms with van der Waals surface area (Å²) >= 11 is 0. The van der Waals surface area contributed by atoms with E-state index in [1.54, 1.807) is 12.1 Å². The predicted molar refractivity (Wildman–Crippen MR) is 58.4 cm³/mol. The molecule has 3 N–H and O–H groups in total. The maximum atomic E-state index is 13.1. The Morgan fingerprint density at radius 2 is 2.27 bits per heavy atom. The molecule has 0 saturated carbocycles. The van der Waals surface area contributed by atoms with Crippen molar-refractivity contribution in [3.05, 3.63) is 29.6 Å². The molecule has 0 amide bonds. The minimum absolute atomic E-state index is 0.142. The van der Waals surface area contributed by atoms with Crippen molar-refractivity contribution in [2.24, 2.45) is 5.73 Å². The van der Waals surface area contributed by atoms with Crippen molar-refractivity contribution in [3.8, 4) is 5.75 Å². The van der Waals surface area contributed by atoms with Gasteiger partial charge in [-0.1, -0.05) is 6.07 Å². The lowest BCUT2D eigenvalue weighted by molar-refractivity contribution is 0.385. The molecule has 0 aromatic heterocycles. The first-order chi connectivity index (χ1) is 7.19. The zero-order valence-corrected chi connectivity index (χ0v) is 9.09. The van der Waals surface area contributed by atoms with Crippen LogP contribution < -0.4 is 15.8 Å². The average molecular weight is 212 g/mol. The topological polar surface area (TPSA) is 47.3 Å². The Balaban J connectivity index is 2.76. The van der Waals surface area contributed by atoms with E-state index in [1.165, 1.54) is 13.2 Å². The molecule has 1 aromatic carbocycles. The van der Waals surface area contributed by atoms with E-state index in [1.807, 2.05) is 6.92 Å². The molecular formula is C11H17FN2O. The highest BCUT2D eigenvalue weighted by molar-refractivity contribution is 5.31. The molecule has 0 bridgehead atoms. The molecule has 3 nitrogen and oxygen atoms in total. The summed E-state index contributed by atoms with van der Waals surface area (Å²) in [5.74, 6) is -0.0684. The van der Waals surface area contributed by atoms with Crippen LogP contribution in [0.5, 0.6) is 5.75 Å². The summed E-state index contributed by atoms with van der Waals surface area (Å²) in [5, 5.41) is 3.22. The van der Waals surface area contributed by atoms with Gasteiger partial charge in [0, 0.05) is 19.1 Å². The summed E-state index contributed by atoms with van der Waals surface area (Å²) in [7, 11) is 1.46. The number of nitrogens with two attached hydrogens (primary N) is 1. The third-order valence-corrected chi connectivity index (χ3v) is 2.27. The highest BCUT2D eigenvalue weighted by atomic mass is 19.1. The molecule has 0 radical (unpaired) electrons. The van der Waals surface area contributed by atoms with Gasteiger partial charge in [0.15, 0.2) is 11.6 Å². The molecule has 1 unspecified atom stereocenters. The smallest absolute Gasteiger partial charge is 0.165 e. The SMILES string of the molecule is COc1cc(C(C)NCCN)ccc1F. The molecular weight excluding hydrogens is 195 g/mol. The third kappa shape index (κ3) is 3.18. The first-order valence-corrected chi connectivity index (χ1v) is 4.96. The van der Waals surface area contributed by atoms with E-state index in [4.69, 9.17) is 10.5 Å². The van der Waals surface area contributed by atoms with Crippen molar-refractivity contribution in [2.75, 3.05) is 20.2 Å². The van der Waals surface area contributed by atoms with Crippen LogP contribution in [0.2, 0.25) is 0 Å². The molecule has 15 heavy (non-hydrogen) atoms. The van der Waals surface area contributed by atoms with Crippen molar-refractivity contribution in [3.63, 3.8) is 0 Å². The van der Waals surface area contributed by atoms with E-state index in [9.17, 15) is 4.39 Å². The van der Waals surface area contributed by atoms with E-state index < -0.39 is 0 Å². The highest BCUT2D eigenvalue weighted by Gasteiger charge is 2.08. The molecule has 84 valence electrons. The zero-order chi connectivity index (χ0) is 11.3. The van der Waals surface area contributed by atoms with Crippen LogP contribution in [0.1, 0.15) is 18.5 Å². The number of methoxy groups -OCH3 is 1. The molecule has 0 spiro atoms. The minimum atomic E-state index is -0.340. The van der Waals surface area contributed by atoms with Crippen LogP contribution in [0, 0.1) is 5.82 Å². The third-order valence-electron chi connectivity index (χ3n) is 2.27. The number of halogens is 1. The van der Waals surface area contributed by atoms with Crippen LogP contribution in [0.25, 0.3) is 0 Å². The summed E-state index contributed by atoms with van der Waals surface area (Å²) in [6.07, 6.45) is 0. The van der Waals surface area contributed by atoms with Gasteiger partial charge in [0.05, 0.1) is 7.11 Å². The fourth-order valence-electron chi connectivity index (χ4n) is 1.36. The number of benzene rings is 1. The van der Waals surface area contributed by atoms with E-state index in [0.29, 0.717) is 6.54 Å². The molecule has 0 heterocycles. The number of rotatable bonds is 5. The zero-order valence-electron chi connectivity index (χ0n) is 9.09. The first kappa shape index (κ1) is 11.9. The van der Waals surface area contributed by atoms with Crippen LogP contribution in [0.4, 0.5) is 4.39 Å². The second-order valence-electron chi connectivity index (χ2n) is 3.36. The Labute approximate surface area is 89.4 Å². The molecule has 1 rings (SSSR count). The van der Waals surface area contributed by atoms with Crippen LogP contribution in [0.15, 0.2) is 18.2 Å². The van der Waals surface area contributed by atoms with Crippen LogP contribution in [-0.4, -0.2) is 20.2 Å². The lowest BCUT2D eigenvalue weighted by atomic mass is 10.1. The van der Waals surface area contributed by atoms with Gasteiger partial charge < -0.3 is 15.8 Å². The van der Waals surface area contributed by atoms with E-state index in [2.05, 4.69) is 5.32 Å². The molecule has 0 fully saturated rings. The molecule has 4 heteroatoms. The molecule has 0 aliphatic rings. The van der Waals surface area contributed by atoms with E-state index in [0.717, 1.165) is 12.1 Å². The maximum Gasteiger partial charge on any atom is 0.165 e. The number of hydrogen-bond acceptors (Lipinski definition) is 3. The Kier molecular flexibility index (Phi) is 4.52. The Morgan fingerprint density at radius 1 is 1.53 bits per heavy atom. The van der Waals surface area contributed by atoms with Crippen molar-refractivity contribution in [1.82, 2.24) is 5.32 Å². The Hall–Kier alpha value is -1.13. The molecule has 0 aliphatic heterocycles. The molecule has 1 atom stereocenters. The normalized spacial score (nSPS) is 12.5. The quantitative estimate of drug-likeness (QED) is 0.776. The first-order valence-electron chi connectivity index (χ1n) is 4.96. The van der Waals surface area contributed by atoms with Crippen molar-refractivity contribution < 1.29 is 9.13 Å². The van der Waals surface area contributed by atoms with Gasteiger partial charge in [0.25, 0.3) is 0 Å². The van der Waals surface area contributed by atoms with Gasteiger partial charge in [-0.05, 0) is 24.6 Å². The maximum absolute atomic E-state index is 13.1. The number of hydrogen-bond donors (Lipinski definition) is 2. The van der Waals surface area contributed by atoms with Gasteiger partial charge in [-0.25, -0.2) is 4.39 Å². The summed E-state index contributed by atoms with van der Waals surface area (Å²) in [6, 6.07) is 4.99. The summed E-state index contributed by atoms with van der Waals surface area (Å²) < 4.78 is 18.0. The number of ether oxygens (including phenoxy) is 1. The van der Waals surface area contributed by atoms with Crippen LogP contribution in [-0.2, 0) is 0 Å². The van der Waals surface area contributed by atoms with Gasteiger partial charge in [-0.15, -0.1) is 0 Å². The fraction of sp³-hybridized carbons (Fsp3) is 0.455. The standard InChI is InChI=1S/C11H17FN2O/c1-8(14-6-5-13)9-3-4-10(12)11(7-9)15-2/h3-4,7-8,14H,5-6,13H2,1-2H3. The summed E-state index contributed by atoms with van der Waals surface area (Å²) in [5.41, 5.74) is 6.38. The van der Waals surface area contributed by atoms with Crippen molar-refractivity contribution >= 4 is 0 Å². The highest BCUT2D eigenvalue weighted by Crippen LogP contribution is 2.22. The lowest BCUT2D eigenvalue weighted by Gasteiger charge is -2.14. The Morgan fingerprint density at radius 3 is 2.87 bits per heavy atom. The van der Waals surface area contributed by atoms with E-state index >= 15 is 0 Å². The van der Waals surface area contributed by atoms with Gasteiger partial charge in [0.1, 0.15) is 0 Å². The average Bonchev–Trinajstić information content (AvgIpc) is 2.26. The van der Waals surface area contributed by atoms with E-state index in [-0.39, 0.29) is 17.6 Å². The lowest BCUT2D eigenvalue weighted by Crippen LogP contribution is -2.25. The van der Waals surface area contributed by atoms with Gasteiger partial charge in [0.2, 0.25) is 0 Å². The molecule has 0 aliphatic carbocycles. The largest absolute Gasteiger partial charge is 0.494 e. The van der Waals surface area contributed by atoms with Gasteiger partial charge in [-0.2, -0.15) is 0 Å². The number of nitrogens with one attached hydrogen (secondary N) is 1. The summed E-state index contributed by atoms with van der Waals surface area (Å²) in [4.78, 5) is 0. The van der Waals surface area contributed by atoms with Crippen molar-refractivity contribution in [2.45, 2.75) is 13.0 Å². The fourth-order valence-corrected chi connectivity index (χ4v) is 1.36. The summed E-state index contributed by atoms with van der Waals surface area (Å²) in [6.45, 7) is 3.33. The monoisotopic (exact) mass is 212 g/mol. The van der Waals surface area contributed by atoms with Crippen molar-refractivity contribution in [1.29, 1.82) is 0 Å². The second-order valence-corrected chi connectivity index (χ2v) is 3.36. The molecule has 0 saturated heterocycles. The van der Waals surface area contributed by atoms with Gasteiger partial charge >= 0.3 is 0 Å². The molecule has 1 aromatic rings. The van der Waals surface area contributed by atoms with Gasteiger partial charge in [-0.3, -0.25) is 0 Å². The predicted octanol–water partition coefficient (Wildman–Crippen LogP) is 1.44. The minimum Gasteiger partial charge on any atom is -0.494 e.